The molecule has 0 aromatic carbocycles. The summed E-state index contributed by atoms with van der Waals surface area (Å²) >= 11 is 0. The summed E-state index contributed by atoms with van der Waals surface area (Å²) in [4.78, 5) is 25.9. The summed E-state index contributed by atoms with van der Waals surface area (Å²) < 4.78 is 0. The molecule has 2 fully saturated rings. The number of carboxylic acid groups (broad SMARTS) is 1. The van der Waals surface area contributed by atoms with Gasteiger partial charge in [-0.1, -0.05) is 13.8 Å². The van der Waals surface area contributed by atoms with Crippen molar-refractivity contribution >= 4 is 11.9 Å². The Labute approximate surface area is 120 Å². The molecule has 1 heterocycles. The molecule has 5 nitrogen and oxygen atoms in total. The van der Waals surface area contributed by atoms with E-state index < -0.39 is 17.4 Å². The molecule has 1 aliphatic heterocycles. The number of carbonyl (C=O) groups excluding carboxylic acids is 1. The molecule has 0 bridgehead atoms. The lowest BCUT2D eigenvalue weighted by molar-refractivity contribution is -0.155. The summed E-state index contributed by atoms with van der Waals surface area (Å²) in [6.45, 7) is 4.98. The van der Waals surface area contributed by atoms with E-state index >= 15 is 0 Å². The number of carbonyl (C=O) groups is 2. The minimum absolute atomic E-state index is 0.0220. The van der Waals surface area contributed by atoms with Crippen LogP contribution in [0.25, 0.3) is 0 Å². The molecule has 0 aromatic rings. The normalized spacial score (nSPS) is 38.0. The van der Waals surface area contributed by atoms with Crippen LogP contribution in [0.4, 0.5) is 0 Å². The molecule has 1 amide bonds. The lowest BCUT2D eigenvalue weighted by Crippen LogP contribution is -2.53. The topological polar surface area (TPSA) is 83.6 Å². The second kappa shape index (κ2) is 5.72. The van der Waals surface area contributed by atoms with Crippen LogP contribution in [0, 0.1) is 17.3 Å². The Balaban J connectivity index is 2.18. The van der Waals surface area contributed by atoms with Crippen molar-refractivity contribution in [2.24, 2.45) is 23.0 Å². The number of hydrogen-bond donors (Lipinski definition) is 2. The van der Waals surface area contributed by atoms with E-state index in [0.29, 0.717) is 19.0 Å². The maximum absolute atomic E-state index is 12.9. The van der Waals surface area contributed by atoms with E-state index in [1.165, 1.54) is 0 Å². The Morgan fingerprint density at radius 1 is 1.25 bits per heavy atom. The van der Waals surface area contributed by atoms with Crippen molar-refractivity contribution in [1.29, 1.82) is 0 Å². The summed E-state index contributed by atoms with van der Waals surface area (Å²) in [5.74, 6) is -0.257. The van der Waals surface area contributed by atoms with Crippen molar-refractivity contribution < 1.29 is 14.7 Å². The number of aliphatic carboxylic acids is 1. The molecule has 5 heteroatoms. The molecule has 1 saturated heterocycles. The van der Waals surface area contributed by atoms with Crippen molar-refractivity contribution in [2.45, 2.75) is 52.0 Å². The van der Waals surface area contributed by atoms with Gasteiger partial charge in [-0.15, -0.1) is 0 Å². The summed E-state index contributed by atoms with van der Waals surface area (Å²) in [6.07, 6.45) is 4.36. The van der Waals surface area contributed by atoms with Crippen LogP contribution in [0.3, 0.4) is 0 Å². The Morgan fingerprint density at radius 2 is 1.85 bits per heavy atom. The second-order valence-corrected chi connectivity index (χ2v) is 6.71. The van der Waals surface area contributed by atoms with Gasteiger partial charge in [-0.2, -0.15) is 0 Å². The number of likely N-dealkylation sites (tertiary alicyclic amines) is 1. The van der Waals surface area contributed by atoms with Gasteiger partial charge in [0.1, 0.15) is 6.04 Å². The maximum Gasteiger partial charge on any atom is 0.326 e. The highest BCUT2D eigenvalue weighted by atomic mass is 16.4. The SMILES string of the molecule is CC1CCC(CN)(C(=O)N2CCC(C)C2C(=O)O)CC1. The molecule has 0 spiro atoms. The molecule has 3 N–H and O–H groups in total. The number of amides is 1. The highest BCUT2D eigenvalue weighted by molar-refractivity contribution is 5.88. The smallest absolute Gasteiger partial charge is 0.326 e. The minimum Gasteiger partial charge on any atom is -0.480 e. The van der Waals surface area contributed by atoms with Crippen LogP contribution < -0.4 is 5.73 Å². The van der Waals surface area contributed by atoms with E-state index in [4.69, 9.17) is 5.73 Å². The number of nitrogens with two attached hydrogens (primary N) is 1. The van der Waals surface area contributed by atoms with Gasteiger partial charge in [0.25, 0.3) is 0 Å². The van der Waals surface area contributed by atoms with Gasteiger partial charge in [0.15, 0.2) is 0 Å². The van der Waals surface area contributed by atoms with E-state index in [1.54, 1.807) is 4.90 Å². The monoisotopic (exact) mass is 282 g/mol. The van der Waals surface area contributed by atoms with Crippen LogP contribution in [0.15, 0.2) is 0 Å². The van der Waals surface area contributed by atoms with Crippen molar-refractivity contribution in [3.8, 4) is 0 Å². The van der Waals surface area contributed by atoms with Gasteiger partial charge in [-0.3, -0.25) is 4.79 Å². The predicted molar refractivity (Wildman–Crippen MR) is 76.0 cm³/mol. The fourth-order valence-electron chi connectivity index (χ4n) is 3.68. The van der Waals surface area contributed by atoms with Gasteiger partial charge in [-0.05, 0) is 43.9 Å². The van der Waals surface area contributed by atoms with Gasteiger partial charge in [-0.25, -0.2) is 4.79 Å². The first-order chi connectivity index (χ1) is 9.41. The molecule has 1 aliphatic carbocycles. The molecule has 2 atom stereocenters. The molecule has 0 aromatic heterocycles. The van der Waals surface area contributed by atoms with E-state index in [1.807, 2.05) is 6.92 Å². The van der Waals surface area contributed by atoms with Crippen LogP contribution in [0.5, 0.6) is 0 Å². The quantitative estimate of drug-likeness (QED) is 0.821. The van der Waals surface area contributed by atoms with E-state index in [-0.39, 0.29) is 11.8 Å². The van der Waals surface area contributed by atoms with Crippen LogP contribution >= 0.6 is 0 Å². The predicted octanol–water partition coefficient (Wildman–Crippen LogP) is 1.46. The zero-order valence-electron chi connectivity index (χ0n) is 12.5. The lowest BCUT2D eigenvalue weighted by Gasteiger charge is -2.40. The van der Waals surface area contributed by atoms with Crippen molar-refractivity contribution in [3.63, 3.8) is 0 Å². The molecule has 0 radical (unpaired) electrons. The molecule has 1 saturated carbocycles. The van der Waals surface area contributed by atoms with E-state index in [0.717, 1.165) is 32.1 Å². The largest absolute Gasteiger partial charge is 0.480 e. The molecule has 2 unspecified atom stereocenters. The third-order valence-electron chi connectivity index (χ3n) is 5.29. The highest BCUT2D eigenvalue weighted by Crippen LogP contribution is 2.41. The molecule has 2 rings (SSSR count). The van der Waals surface area contributed by atoms with Gasteiger partial charge in [0.05, 0.1) is 5.41 Å². The molecule has 20 heavy (non-hydrogen) atoms. The van der Waals surface area contributed by atoms with Crippen molar-refractivity contribution in [2.75, 3.05) is 13.1 Å². The summed E-state index contributed by atoms with van der Waals surface area (Å²) in [6, 6.07) is -0.676. The Morgan fingerprint density at radius 3 is 2.35 bits per heavy atom. The van der Waals surface area contributed by atoms with Crippen LogP contribution in [-0.2, 0) is 9.59 Å². The highest BCUT2D eigenvalue weighted by Gasteiger charge is 2.48. The average Bonchev–Trinajstić information content (AvgIpc) is 2.81. The Hall–Kier alpha value is -1.10. The van der Waals surface area contributed by atoms with Crippen molar-refractivity contribution in [1.82, 2.24) is 4.90 Å². The Kier molecular flexibility index (Phi) is 4.37. The summed E-state index contributed by atoms with van der Waals surface area (Å²) in [5, 5.41) is 9.37. The number of carboxylic acids is 1. The zero-order chi connectivity index (χ0) is 14.9. The second-order valence-electron chi connectivity index (χ2n) is 6.71. The van der Waals surface area contributed by atoms with Crippen LogP contribution in [0.1, 0.15) is 46.0 Å². The third kappa shape index (κ3) is 2.55. The molecular formula is C15H26N2O3. The van der Waals surface area contributed by atoms with Gasteiger partial charge < -0.3 is 15.7 Å². The zero-order valence-corrected chi connectivity index (χ0v) is 12.5. The van der Waals surface area contributed by atoms with E-state index in [2.05, 4.69) is 6.92 Å². The first-order valence-corrected chi connectivity index (χ1v) is 7.65. The fourth-order valence-corrected chi connectivity index (χ4v) is 3.68. The third-order valence-corrected chi connectivity index (χ3v) is 5.29. The van der Waals surface area contributed by atoms with Crippen LogP contribution in [0.2, 0.25) is 0 Å². The summed E-state index contributed by atoms with van der Waals surface area (Å²) in [5.41, 5.74) is 5.39. The fraction of sp³-hybridized carbons (Fsp3) is 0.867. The molecule has 114 valence electrons. The number of rotatable bonds is 3. The average molecular weight is 282 g/mol. The summed E-state index contributed by atoms with van der Waals surface area (Å²) in [7, 11) is 0. The first-order valence-electron chi connectivity index (χ1n) is 7.65. The Bertz CT molecular complexity index is 389. The maximum atomic E-state index is 12.9. The van der Waals surface area contributed by atoms with Crippen LogP contribution in [-0.4, -0.2) is 41.0 Å². The minimum atomic E-state index is -0.889. The number of nitrogens with zero attached hydrogens (tertiary/aromatic N) is 1. The lowest BCUT2D eigenvalue weighted by atomic mass is 9.70. The van der Waals surface area contributed by atoms with Gasteiger partial charge >= 0.3 is 5.97 Å². The molecular weight excluding hydrogens is 256 g/mol. The number of hydrogen-bond acceptors (Lipinski definition) is 3. The van der Waals surface area contributed by atoms with Gasteiger partial charge in [0, 0.05) is 13.1 Å². The first kappa shape index (κ1) is 15.3. The molecule has 2 aliphatic rings. The van der Waals surface area contributed by atoms with E-state index in [9.17, 15) is 14.7 Å². The van der Waals surface area contributed by atoms with Crippen molar-refractivity contribution in [3.05, 3.63) is 0 Å². The standard InChI is InChI=1S/C15H26N2O3/c1-10-3-6-15(9-16,7-4-10)14(20)17-8-5-11(2)12(17)13(18)19/h10-12H,3-9,16H2,1-2H3,(H,18,19). The van der Waals surface area contributed by atoms with Gasteiger partial charge in [0.2, 0.25) is 5.91 Å².